The Hall–Kier alpha value is -1.79. The van der Waals surface area contributed by atoms with Crippen molar-refractivity contribution in [2.24, 2.45) is 0 Å². The molecular weight excluding hydrogens is 310 g/mol. The summed E-state index contributed by atoms with van der Waals surface area (Å²) in [4.78, 5) is 19.2. The van der Waals surface area contributed by atoms with Crippen LogP contribution in [0, 0.1) is 0 Å². The average molecular weight is 326 g/mol. The number of thiophene rings is 1. The topological polar surface area (TPSA) is 68.5 Å². The molecule has 112 valence electrons. The molecule has 2 heterocycles. The molecule has 2 N–H and O–H groups in total. The van der Waals surface area contributed by atoms with Crippen LogP contribution in [0.25, 0.3) is 0 Å². The Balaban J connectivity index is 2.27. The summed E-state index contributed by atoms with van der Waals surface area (Å²) in [6, 6.07) is 5.38. The van der Waals surface area contributed by atoms with E-state index in [1.54, 1.807) is 13.0 Å². The van der Waals surface area contributed by atoms with E-state index >= 15 is 0 Å². The standard InChI is InChI=1S/C14H16ClN3O2S/c1-3-20-14(19)11-6-9(16)7-17-13(11)18(2)8-10-4-5-12(15)21-10/h4-7H,3,8,16H2,1-2H3. The van der Waals surface area contributed by atoms with Crippen molar-refractivity contribution in [2.75, 3.05) is 24.3 Å². The highest BCUT2D eigenvalue weighted by atomic mass is 35.5. The summed E-state index contributed by atoms with van der Waals surface area (Å²) >= 11 is 7.42. The number of hydrogen-bond acceptors (Lipinski definition) is 6. The third-order valence-corrected chi connectivity index (χ3v) is 3.98. The maximum Gasteiger partial charge on any atom is 0.341 e. The lowest BCUT2D eigenvalue weighted by atomic mass is 10.2. The molecule has 2 rings (SSSR count). The van der Waals surface area contributed by atoms with Crippen molar-refractivity contribution in [3.63, 3.8) is 0 Å². The molecule has 0 unspecified atom stereocenters. The zero-order valence-corrected chi connectivity index (χ0v) is 13.4. The van der Waals surface area contributed by atoms with E-state index in [1.165, 1.54) is 17.5 Å². The third kappa shape index (κ3) is 3.86. The van der Waals surface area contributed by atoms with Crippen LogP contribution < -0.4 is 10.6 Å². The minimum atomic E-state index is -0.427. The van der Waals surface area contributed by atoms with E-state index < -0.39 is 5.97 Å². The van der Waals surface area contributed by atoms with Gasteiger partial charge in [-0.15, -0.1) is 11.3 Å². The molecule has 0 saturated heterocycles. The lowest BCUT2D eigenvalue weighted by Crippen LogP contribution is -2.21. The fourth-order valence-corrected chi connectivity index (χ4v) is 3.02. The van der Waals surface area contributed by atoms with Crippen molar-refractivity contribution >= 4 is 40.4 Å². The normalized spacial score (nSPS) is 10.4. The number of nitrogens with two attached hydrogens (primary N) is 1. The number of hydrogen-bond donors (Lipinski definition) is 1. The van der Waals surface area contributed by atoms with Crippen molar-refractivity contribution in [3.05, 3.63) is 39.2 Å². The molecule has 0 aliphatic carbocycles. The van der Waals surface area contributed by atoms with Gasteiger partial charge in [0.25, 0.3) is 0 Å². The lowest BCUT2D eigenvalue weighted by molar-refractivity contribution is 0.0526. The first-order chi connectivity index (χ1) is 10.0. The second kappa shape index (κ2) is 6.78. The van der Waals surface area contributed by atoms with Crippen LogP contribution in [0.1, 0.15) is 22.2 Å². The molecule has 0 aliphatic heterocycles. The number of ether oxygens (including phenoxy) is 1. The van der Waals surface area contributed by atoms with Gasteiger partial charge in [0.15, 0.2) is 0 Å². The summed E-state index contributed by atoms with van der Waals surface area (Å²) in [5.41, 5.74) is 6.50. The Morgan fingerprint density at radius 2 is 2.29 bits per heavy atom. The summed E-state index contributed by atoms with van der Waals surface area (Å²) in [7, 11) is 1.86. The van der Waals surface area contributed by atoms with Gasteiger partial charge in [-0.05, 0) is 25.1 Å². The number of anilines is 2. The van der Waals surface area contributed by atoms with Crippen LogP contribution >= 0.6 is 22.9 Å². The number of carbonyl (C=O) groups is 1. The molecule has 0 fully saturated rings. The van der Waals surface area contributed by atoms with Gasteiger partial charge < -0.3 is 15.4 Å². The van der Waals surface area contributed by atoms with E-state index in [1.807, 2.05) is 24.1 Å². The van der Waals surface area contributed by atoms with Crippen molar-refractivity contribution < 1.29 is 9.53 Å². The van der Waals surface area contributed by atoms with Gasteiger partial charge in [-0.25, -0.2) is 9.78 Å². The van der Waals surface area contributed by atoms with Crippen molar-refractivity contribution in [1.29, 1.82) is 0 Å². The Labute approximate surface area is 132 Å². The third-order valence-electron chi connectivity index (χ3n) is 2.77. The van der Waals surface area contributed by atoms with Crippen molar-refractivity contribution in [3.8, 4) is 0 Å². The first-order valence-electron chi connectivity index (χ1n) is 6.39. The molecule has 0 spiro atoms. The number of nitrogen functional groups attached to an aromatic ring is 1. The van der Waals surface area contributed by atoms with E-state index in [0.717, 1.165) is 9.21 Å². The zero-order valence-electron chi connectivity index (χ0n) is 11.8. The van der Waals surface area contributed by atoms with Gasteiger partial charge >= 0.3 is 5.97 Å². The molecule has 0 saturated carbocycles. The smallest absolute Gasteiger partial charge is 0.341 e. The fraction of sp³-hybridized carbons (Fsp3) is 0.286. The second-order valence-electron chi connectivity index (χ2n) is 4.42. The number of nitrogens with zero attached hydrogens (tertiary/aromatic N) is 2. The van der Waals surface area contributed by atoms with Crippen LogP contribution in [0.4, 0.5) is 11.5 Å². The first-order valence-corrected chi connectivity index (χ1v) is 7.58. The molecule has 7 heteroatoms. The maximum absolute atomic E-state index is 12.0. The number of rotatable bonds is 5. The summed E-state index contributed by atoms with van der Waals surface area (Å²) < 4.78 is 5.78. The minimum absolute atomic E-state index is 0.303. The van der Waals surface area contributed by atoms with Crippen LogP contribution in [0.15, 0.2) is 24.4 Å². The van der Waals surface area contributed by atoms with Crippen molar-refractivity contribution in [1.82, 2.24) is 4.98 Å². The molecule has 5 nitrogen and oxygen atoms in total. The Kier molecular flexibility index (Phi) is 5.03. The van der Waals surface area contributed by atoms with E-state index in [-0.39, 0.29) is 0 Å². The molecule has 0 aliphatic rings. The Morgan fingerprint density at radius 3 is 2.90 bits per heavy atom. The highest BCUT2D eigenvalue weighted by Gasteiger charge is 2.18. The molecule has 2 aromatic heterocycles. The SMILES string of the molecule is CCOC(=O)c1cc(N)cnc1N(C)Cc1ccc(Cl)s1. The number of carbonyl (C=O) groups excluding carboxylic acids is 1. The van der Waals surface area contributed by atoms with Gasteiger partial charge in [-0.2, -0.15) is 0 Å². The van der Waals surface area contributed by atoms with Gasteiger partial charge in [0.05, 0.1) is 29.4 Å². The van der Waals surface area contributed by atoms with Crippen LogP contribution in [-0.2, 0) is 11.3 Å². The van der Waals surface area contributed by atoms with E-state index in [0.29, 0.717) is 30.2 Å². The minimum Gasteiger partial charge on any atom is -0.462 e. The fourth-order valence-electron chi connectivity index (χ4n) is 1.88. The highest BCUT2D eigenvalue weighted by molar-refractivity contribution is 7.16. The van der Waals surface area contributed by atoms with E-state index in [9.17, 15) is 4.79 Å². The summed E-state index contributed by atoms with van der Waals surface area (Å²) in [5, 5.41) is 0. The zero-order chi connectivity index (χ0) is 15.4. The van der Waals surface area contributed by atoms with E-state index in [2.05, 4.69) is 4.98 Å². The predicted molar refractivity (Wildman–Crippen MR) is 86.0 cm³/mol. The summed E-state index contributed by atoms with van der Waals surface area (Å²) in [5.74, 6) is 0.107. The number of esters is 1. The number of aromatic nitrogens is 1. The second-order valence-corrected chi connectivity index (χ2v) is 6.22. The monoisotopic (exact) mass is 325 g/mol. The van der Waals surface area contributed by atoms with Crippen molar-refractivity contribution in [2.45, 2.75) is 13.5 Å². The number of halogens is 1. The Morgan fingerprint density at radius 1 is 1.52 bits per heavy atom. The van der Waals surface area contributed by atoms with Gasteiger partial charge in [0.2, 0.25) is 0 Å². The predicted octanol–water partition coefficient (Wildman–Crippen LogP) is 3.19. The summed E-state index contributed by atoms with van der Waals surface area (Å²) in [6.07, 6.45) is 1.52. The Bertz CT molecular complexity index is 645. The van der Waals surface area contributed by atoms with Gasteiger partial charge in [-0.3, -0.25) is 0 Å². The molecule has 0 atom stereocenters. The summed E-state index contributed by atoms with van der Waals surface area (Å²) in [6.45, 7) is 2.66. The van der Waals surface area contributed by atoms with Crippen LogP contribution in [-0.4, -0.2) is 24.6 Å². The highest BCUT2D eigenvalue weighted by Crippen LogP contribution is 2.26. The molecule has 0 bridgehead atoms. The maximum atomic E-state index is 12.0. The van der Waals surface area contributed by atoms with Gasteiger partial charge in [0, 0.05) is 11.9 Å². The lowest BCUT2D eigenvalue weighted by Gasteiger charge is -2.20. The average Bonchev–Trinajstić information content (AvgIpc) is 2.84. The van der Waals surface area contributed by atoms with Crippen LogP contribution in [0.5, 0.6) is 0 Å². The first kappa shape index (κ1) is 15.6. The van der Waals surface area contributed by atoms with Crippen LogP contribution in [0.2, 0.25) is 4.34 Å². The molecule has 2 aromatic rings. The molecule has 0 radical (unpaired) electrons. The molecule has 0 amide bonds. The molecule has 21 heavy (non-hydrogen) atoms. The van der Waals surface area contributed by atoms with Gasteiger partial charge in [0.1, 0.15) is 11.4 Å². The van der Waals surface area contributed by atoms with E-state index in [4.69, 9.17) is 22.1 Å². The largest absolute Gasteiger partial charge is 0.462 e. The van der Waals surface area contributed by atoms with Crippen LogP contribution in [0.3, 0.4) is 0 Å². The molecule has 0 aromatic carbocycles. The van der Waals surface area contributed by atoms with Gasteiger partial charge in [-0.1, -0.05) is 11.6 Å². The molecular formula is C14H16ClN3O2S. The number of pyridine rings is 1. The quantitative estimate of drug-likeness (QED) is 0.855.